The third-order valence-electron chi connectivity index (χ3n) is 5.19. The summed E-state index contributed by atoms with van der Waals surface area (Å²) in [5.41, 5.74) is 0.828. The molecule has 0 bridgehead atoms. The first-order valence-electron chi connectivity index (χ1n) is 9.01. The van der Waals surface area contributed by atoms with E-state index in [1.165, 1.54) is 31.9 Å². The number of hydrogen-bond donors (Lipinski definition) is 3. The molecule has 1 aliphatic carbocycles. The zero-order valence-electron chi connectivity index (χ0n) is 14.7. The molecule has 1 aromatic heterocycles. The number of fused-ring (bicyclic) bond motifs is 1. The molecule has 2 amide bonds. The van der Waals surface area contributed by atoms with Crippen LogP contribution in [0, 0.1) is 12.8 Å². The predicted molar refractivity (Wildman–Crippen MR) is 97.9 cm³/mol. The molecule has 1 aliphatic heterocycles. The van der Waals surface area contributed by atoms with Gasteiger partial charge < -0.3 is 20.4 Å². The molecule has 2 aliphatic rings. The zero-order valence-corrected chi connectivity index (χ0v) is 15.5. The van der Waals surface area contributed by atoms with Gasteiger partial charge in [-0.2, -0.15) is 0 Å². The van der Waals surface area contributed by atoms with Crippen molar-refractivity contribution in [2.45, 2.75) is 57.5 Å². The van der Waals surface area contributed by atoms with Gasteiger partial charge >= 0.3 is 0 Å². The molecule has 6 nitrogen and oxygen atoms in total. The van der Waals surface area contributed by atoms with Gasteiger partial charge in [0, 0.05) is 24.7 Å². The van der Waals surface area contributed by atoms with Crippen LogP contribution in [0.2, 0.25) is 0 Å². The van der Waals surface area contributed by atoms with E-state index < -0.39 is 0 Å². The van der Waals surface area contributed by atoms with E-state index in [0.29, 0.717) is 37.2 Å². The van der Waals surface area contributed by atoms with Crippen LogP contribution in [-0.2, 0) is 4.79 Å². The normalized spacial score (nSPS) is 24.9. The van der Waals surface area contributed by atoms with Crippen LogP contribution in [0.1, 0.15) is 54.6 Å². The van der Waals surface area contributed by atoms with Gasteiger partial charge in [-0.3, -0.25) is 9.59 Å². The Hall–Kier alpha value is -1.53. The molecule has 1 aromatic rings. The van der Waals surface area contributed by atoms with Crippen molar-refractivity contribution in [3.8, 4) is 0 Å². The number of nitrogens with one attached hydrogen (secondary N) is 3. The molecule has 1 saturated carbocycles. The monoisotopic (exact) mass is 369 g/mol. The smallest absolute Gasteiger partial charge is 0.287 e. The molecule has 3 rings (SSSR count). The van der Waals surface area contributed by atoms with Crippen molar-refractivity contribution in [3.05, 3.63) is 23.7 Å². The minimum Gasteiger partial charge on any atom is -0.459 e. The number of carbonyl (C=O) groups excluding carboxylic acids is 2. The van der Waals surface area contributed by atoms with Crippen LogP contribution in [0.25, 0.3) is 0 Å². The molecule has 0 spiro atoms. The second-order valence-corrected chi connectivity index (χ2v) is 6.94. The number of hydrogen-bond acceptors (Lipinski definition) is 4. The molecule has 1 saturated heterocycles. The lowest BCUT2D eigenvalue weighted by Crippen LogP contribution is -2.43. The number of furan rings is 1. The molecule has 3 N–H and O–H groups in total. The molecule has 0 aromatic carbocycles. The third kappa shape index (κ3) is 4.98. The van der Waals surface area contributed by atoms with Gasteiger partial charge in [-0.15, -0.1) is 12.4 Å². The van der Waals surface area contributed by atoms with Crippen molar-refractivity contribution in [2.75, 3.05) is 13.1 Å². The topological polar surface area (TPSA) is 83.4 Å². The predicted octanol–water partition coefficient (Wildman–Crippen LogP) is 2.17. The van der Waals surface area contributed by atoms with Gasteiger partial charge in [-0.05, 0) is 44.6 Å². The molecule has 3 unspecified atom stereocenters. The molecule has 2 fully saturated rings. The van der Waals surface area contributed by atoms with E-state index in [-0.39, 0.29) is 30.3 Å². The Morgan fingerprint density at radius 1 is 1.24 bits per heavy atom. The van der Waals surface area contributed by atoms with Crippen LogP contribution >= 0.6 is 12.4 Å². The van der Waals surface area contributed by atoms with Crippen molar-refractivity contribution in [2.24, 2.45) is 5.92 Å². The van der Waals surface area contributed by atoms with Crippen molar-refractivity contribution in [1.29, 1.82) is 0 Å². The fourth-order valence-corrected chi connectivity index (χ4v) is 3.83. The molecular formula is C18H28ClN3O3. The SMILES string of the molecule is Cc1ccoc1C(=O)NCCCNC(=O)C1CC2CCCCC2N1.Cl. The molecule has 140 valence electrons. The van der Waals surface area contributed by atoms with E-state index in [4.69, 9.17) is 4.42 Å². The first-order valence-corrected chi connectivity index (χ1v) is 9.01. The first kappa shape index (κ1) is 19.8. The fourth-order valence-electron chi connectivity index (χ4n) is 3.83. The van der Waals surface area contributed by atoms with Gasteiger partial charge in [0.05, 0.1) is 12.3 Å². The molecular weight excluding hydrogens is 342 g/mol. The molecule has 0 radical (unpaired) electrons. The van der Waals surface area contributed by atoms with Crippen LogP contribution < -0.4 is 16.0 Å². The van der Waals surface area contributed by atoms with Gasteiger partial charge in [-0.25, -0.2) is 0 Å². The van der Waals surface area contributed by atoms with Crippen molar-refractivity contribution in [3.63, 3.8) is 0 Å². The van der Waals surface area contributed by atoms with E-state index in [2.05, 4.69) is 16.0 Å². The van der Waals surface area contributed by atoms with E-state index in [1.54, 1.807) is 6.07 Å². The van der Waals surface area contributed by atoms with Crippen molar-refractivity contribution < 1.29 is 14.0 Å². The van der Waals surface area contributed by atoms with Crippen LogP contribution in [0.4, 0.5) is 0 Å². The van der Waals surface area contributed by atoms with Gasteiger partial charge in [0.25, 0.3) is 5.91 Å². The average Bonchev–Trinajstić information content (AvgIpc) is 3.20. The number of carbonyl (C=O) groups is 2. The summed E-state index contributed by atoms with van der Waals surface area (Å²) in [6, 6.07) is 2.25. The number of halogens is 1. The van der Waals surface area contributed by atoms with Crippen molar-refractivity contribution in [1.82, 2.24) is 16.0 Å². The zero-order chi connectivity index (χ0) is 16.9. The quantitative estimate of drug-likeness (QED) is 0.671. The molecule has 2 heterocycles. The lowest BCUT2D eigenvalue weighted by molar-refractivity contribution is -0.122. The van der Waals surface area contributed by atoms with E-state index in [0.717, 1.165) is 12.0 Å². The summed E-state index contributed by atoms with van der Waals surface area (Å²) in [5.74, 6) is 0.921. The Balaban J connectivity index is 0.00000225. The Kier molecular flexibility index (Phi) is 7.32. The van der Waals surface area contributed by atoms with Crippen molar-refractivity contribution >= 4 is 24.2 Å². The van der Waals surface area contributed by atoms with Gasteiger partial charge in [-0.1, -0.05) is 12.8 Å². The van der Waals surface area contributed by atoms with E-state index in [1.807, 2.05) is 6.92 Å². The minimum atomic E-state index is -0.203. The Labute approximate surface area is 154 Å². The highest BCUT2D eigenvalue weighted by Gasteiger charge is 2.37. The molecule has 7 heteroatoms. The van der Waals surface area contributed by atoms with Gasteiger partial charge in [0.15, 0.2) is 5.76 Å². The summed E-state index contributed by atoms with van der Waals surface area (Å²) < 4.78 is 5.15. The largest absolute Gasteiger partial charge is 0.459 e. The lowest BCUT2D eigenvalue weighted by atomic mass is 9.85. The Morgan fingerprint density at radius 3 is 2.72 bits per heavy atom. The van der Waals surface area contributed by atoms with Gasteiger partial charge in [0.2, 0.25) is 5.91 Å². The summed E-state index contributed by atoms with van der Waals surface area (Å²) in [7, 11) is 0. The van der Waals surface area contributed by atoms with Crippen LogP contribution in [-0.4, -0.2) is 37.0 Å². The molecule has 3 atom stereocenters. The molecule has 25 heavy (non-hydrogen) atoms. The van der Waals surface area contributed by atoms with Crippen LogP contribution in [0.3, 0.4) is 0 Å². The second kappa shape index (κ2) is 9.25. The fraction of sp³-hybridized carbons (Fsp3) is 0.667. The Morgan fingerprint density at radius 2 is 2.00 bits per heavy atom. The standard InChI is InChI=1S/C18H27N3O3.ClH/c1-12-7-10-24-16(12)18(23)20-9-4-8-19-17(22)15-11-13-5-2-3-6-14(13)21-15;/h7,10,13-15,21H,2-6,8-9,11H2,1H3,(H,19,22)(H,20,23);1H. The minimum absolute atomic E-state index is 0. The highest BCUT2D eigenvalue weighted by atomic mass is 35.5. The summed E-state index contributed by atoms with van der Waals surface area (Å²) in [6.45, 7) is 2.93. The first-order chi connectivity index (χ1) is 11.6. The lowest BCUT2D eigenvalue weighted by Gasteiger charge is -2.24. The van der Waals surface area contributed by atoms with E-state index in [9.17, 15) is 9.59 Å². The van der Waals surface area contributed by atoms with Gasteiger partial charge in [0.1, 0.15) is 0 Å². The van der Waals surface area contributed by atoms with E-state index >= 15 is 0 Å². The highest BCUT2D eigenvalue weighted by molar-refractivity contribution is 5.92. The highest BCUT2D eigenvalue weighted by Crippen LogP contribution is 2.33. The maximum absolute atomic E-state index is 12.2. The number of aryl methyl sites for hydroxylation is 1. The maximum atomic E-state index is 12.2. The maximum Gasteiger partial charge on any atom is 0.287 e. The van der Waals surface area contributed by atoms with Crippen LogP contribution in [0.5, 0.6) is 0 Å². The summed E-state index contributed by atoms with van der Waals surface area (Å²) >= 11 is 0. The third-order valence-corrected chi connectivity index (χ3v) is 5.19. The summed E-state index contributed by atoms with van der Waals surface area (Å²) in [4.78, 5) is 24.1. The average molecular weight is 370 g/mol. The Bertz CT molecular complexity index is 576. The summed E-state index contributed by atoms with van der Waals surface area (Å²) in [5, 5.41) is 9.27. The number of rotatable bonds is 6. The van der Waals surface area contributed by atoms with Crippen LogP contribution in [0.15, 0.2) is 16.7 Å². The second-order valence-electron chi connectivity index (χ2n) is 6.94. The summed E-state index contributed by atoms with van der Waals surface area (Å²) in [6.07, 6.45) is 8.20. The number of amides is 2.